The first-order chi connectivity index (χ1) is 12.9. The Hall–Kier alpha value is -1.77. The summed E-state index contributed by atoms with van der Waals surface area (Å²) in [5.74, 6) is 2.49. The molecule has 0 unspecified atom stereocenters. The van der Waals surface area contributed by atoms with Gasteiger partial charge in [0, 0.05) is 12.0 Å². The van der Waals surface area contributed by atoms with E-state index in [0.717, 1.165) is 6.42 Å². The third-order valence-corrected chi connectivity index (χ3v) is 7.79. The number of ether oxygens (including phenoxy) is 4. The molecule has 1 aromatic rings. The van der Waals surface area contributed by atoms with Crippen LogP contribution in [-0.4, -0.2) is 26.6 Å². The fraction of sp³-hybridized carbons (Fsp3) is 0.682. The van der Waals surface area contributed by atoms with Gasteiger partial charge in [-0.2, -0.15) is 5.26 Å². The highest BCUT2D eigenvalue weighted by atomic mass is 16.7. The first-order valence-electron chi connectivity index (χ1n) is 9.78. The number of fused-ring (bicyclic) bond motifs is 5. The lowest BCUT2D eigenvalue weighted by Gasteiger charge is -2.38. The van der Waals surface area contributed by atoms with Crippen molar-refractivity contribution >= 4 is 0 Å². The molecule has 6 atom stereocenters. The zero-order chi connectivity index (χ0) is 19.4. The van der Waals surface area contributed by atoms with E-state index in [1.54, 1.807) is 26.4 Å². The third kappa shape index (κ3) is 2.57. The monoisotopic (exact) mass is 371 g/mol. The summed E-state index contributed by atoms with van der Waals surface area (Å²) < 4.78 is 23.3. The van der Waals surface area contributed by atoms with E-state index < -0.39 is 6.10 Å². The van der Waals surface area contributed by atoms with Crippen molar-refractivity contribution < 1.29 is 18.9 Å². The molecule has 1 aromatic carbocycles. The van der Waals surface area contributed by atoms with Gasteiger partial charge in [0.05, 0.1) is 26.4 Å². The Morgan fingerprint density at radius 3 is 2.63 bits per heavy atom. The van der Waals surface area contributed by atoms with Gasteiger partial charge in [-0.25, -0.2) is 0 Å². The molecule has 2 saturated carbocycles. The van der Waals surface area contributed by atoms with Crippen molar-refractivity contribution in [2.45, 2.75) is 58.5 Å². The Morgan fingerprint density at radius 2 is 2.00 bits per heavy atom. The van der Waals surface area contributed by atoms with Gasteiger partial charge in [0.15, 0.2) is 12.4 Å². The Balaban J connectivity index is 1.53. The van der Waals surface area contributed by atoms with Crippen LogP contribution in [0.15, 0.2) is 18.2 Å². The van der Waals surface area contributed by atoms with Crippen LogP contribution in [0.1, 0.15) is 51.7 Å². The van der Waals surface area contributed by atoms with E-state index in [1.807, 2.05) is 6.07 Å². The van der Waals surface area contributed by atoms with Crippen LogP contribution in [0.4, 0.5) is 0 Å². The number of methoxy groups -OCH3 is 2. The molecule has 3 fully saturated rings. The van der Waals surface area contributed by atoms with Gasteiger partial charge in [-0.1, -0.05) is 20.8 Å². The second-order valence-corrected chi connectivity index (χ2v) is 8.92. The number of rotatable bonds is 5. The smallest absolute Gasteiger partial charge is 0.175 e. The fourth-order valence-corrected chi connectivity index (χ4v) is 5.94. The molecule has 0 aromatic heterocycles. The highest BCUT2D eigenvalue weighted by Crippen LogP contribution is 2.71. The van der Waals surface area contributed by atoms with Crippen molar-refractivity contribution in [1.29, 1.82) is 5.26 Å². The number of hydrogen-bond donors (Lipinski definition) is 0. The molecule has 1 heterocycles. The predicted octanol–water partition coefficient (Wildman–Crippen LogP) is 4.47. The van der Waals surface area contributed by atoms with Crippen LogP contribution in [0.3, 0.4) is 0 Å². The van der Waals surface area contributed by atoms with E-state index in [-0.39, 0.29) is 17.8 Å². The highest BCUT2D eigenvalue weighted by molar-refractivity contribution is 5.43. The molecule has 0 N–H and O–H groups in total. The second kappa shape index (κ2) is 6.39. The van der Waals surface area contributed by atoms with E-state index in [2.05, 4.69) is 26.8 Å². The van der Waals surface area contributed by atoms with Crippen molar-refractivity contribution in [3.05, 3.63) is 23.8 Å². The van der Waals surface area contributed by atoms with Crippen LogP contribution in [0.2, 0.25) is 0 Å². The number of hydrogen-bond acceptors (Lipinski definition) is 5. The van der Waals surface area contributed by atoms with Gasteiger partial charge >= 0.3 is 0 Å². The molecule has 5 nitrogen and oxygen atoms in total. The molecular weight excluding hydrogens is 342 g/mol. The van der Waals surface area contributed by atoms with Crippen molar-refractivity contribution in [2.75, 3.05) is 14.2 Å². The minimum atomic E-state index is -0.752. The van der Waals surface area contributed by atoms with Gasteiger partial charge in [-0.3, -0.25) is 0 Å². The second-order valence-electron chi connectivity index (χ2n) is 8.92. The zero-order valence-corrected chi connectivity index (χ0v) is 16.8. The molecule has 27 heavy (non-hydrogen) atoms. The Labute approximate surface area is 161 Å². The Bertz CT molecular complexity index is 770. The van der Waals surface area contributed by atoms with Gasteiger partial charge < -0.3 is 18.9 Å². The molecule has 0 spiro atoms. The average molecular weight is 371 g/mol. The molecule has 2 bridgehead atoms. The topological polar surface area (TPSA) is 60.7 Å². The molecule has 4 rings (SSSR count). The van der Waals surface area contributed by atoms with Gasteiger partial charge in [0.25, 0.3) is 0 Å². The summed E-state index contributed by atoms with van der Waals surface area (Å²) in [5, 5.41) is 9.75. The summed E-state index contributed by atoms with van der Waals surface area (Å²) in [7, 11) is 3.20. The van der Waals surface area contributed by atoms with Crippen LogP contribution < -0.4 is 9.47 Å². The molecule has 2 aliphatic carbocycles. The molecular formula is C22H29NO4. The molecule has 0 amide bonds. The summed E-state index contributed by atoms with van der Waals surface area (Å²) in [6.45, 7) is 7.15. The van der Waals surface area contributed by atoms with Crippen LogP contribution in [0.25, 0.3) is 0 Å². The first kappa shape index (κ1) is 18.6. The lowest BCUT2D eigenvalue weighted by molar-refractivity contribution is -0.177. The lowest BCUT2D eigenvalue weighted by Crippen LogP contribution is -2.38. The summed E-state index contributed by atoms with van der Waals surface area (Å²) in [6.07, 6.45) is 2.46. The van der Waals surface area contributed by atoms with Crippen LogP contribution in [-0.2, 0) is 9.47 Å². The van der Waals surface area contributed by atoms with Crippen LogP contribution in [0.5, 0.6) is 11.5 Å². The molecule has 5 heteroatoms. The summed E-state index contributed by atoms with van der Waals surface area (Å²) in [4.78, 5) is 0. The summed E-state index contributed by atoms with van der Waals surface area (Å²) in [5.41, 5.74) is 1.17. The molecule has 1 saturated heterocycles. The lowest BCUT2D eigenvalue weighted by atomic mass is 9.70. The molecule has 3 aliphatic rings. The largest absolute Gasteiger partial charge is 0.497 e. The maximum atomic E-state index is 9.75. The normalized spacial score (nSPS) is 36.9. The van der Waals surface area contributed by atoms with E-state index in [1.165, 1.54) is 12.8 Å². The maximum Gasteiger partial charge on any atom is 0.175 e. The van der Waals surface area contributed by atoms with E-state index in [0.29, 0.717) is 34.3 Å². The molecule has 146 valence electrons. The van der Waals surface area contributed by atoms with Gasteiger partial charge in [0.1, 0.15) is 11.5 Å². The van der Waals surface area contributed by atoms with Gasteiger partial charge in [-0.15, -0.1) is 0 Å². The van der Waals surface area contributed by atoms with Gasteiger partial charge in [0.2, 0.25) is 0 Å². The first-order valence-corrected chi connectivity index (χ1v) is 9.78. The summed E-state index contributed by atoms with van der Waals surface area (Å²) >= 11 is 0. The SMILES string of the molecule is COc1ccc(OC)c([C@@H](C#N)O[C@H]2C[C@@H]3[C@H]4CC[C@@](C)([C@@H]3O2)C4(C)C)c1. The Kier molecular flexibility index (Phi) is 4.40. The zero-order valence-electron chi connectivity index (χ0n) is 16.8. The number of benzene rings is 1. The maximum absolute atomic E-state index is 9.75. The van der Waals surface area contributed by atoms with Crippen molar-refractivity contribution in [1.82, 2.24) is 0 Å². The highest BCUT2D eigenvalue weighted by Gasteiger charge is 2.69. The molecule has 0 radical (unpaired) electrons. The summed E-state index contributed by atoms with van der Waals surface area (Å²) in [6, 6.07) is 7.68. The Morgan fingerprint density at radius 1 is 1.22 bits per heavy atom. The standard InChI is InChI=1S/C22H29NO4/c1-21(2)16-8-9-22(21,3)20-14(16)11-19(27-20)26-18(12-23)15-10-13(24-4)6-7-17(15)25-5/h6-7,10,14,16,18-20H,8-9,11H2,1-5H3/t14-,16-,18-,19-,20-,22+/m1/s1. The van der Waals surface area contributed by atoms with E-state index in [9.17, 15) is 5.26 Å². The van der Waals surface area contributed by atoms with Gasteiger partial charge in [-0.05, 0) is 53.7 Å². The van der Waals surface area contributed by atoms with E-state index in [4.69, 9.17) is 18.9 Å². The minimum absolute atomic E-state index is 0.191. The number of nitrogens with zero attached hydrogens (tertiary/aromatic N) is 1. The third-order valence-electron chi connectivity index (χ3n) is 7.79. The van der Waals surface area contributed by atoms with Crippen molar-refractivity contribution in [3.8, 4) is 17.6 Å². The minimum Gasteiger partial charge on any atom is -0.497 e. The average Bonchev–Trinajstić information content (AvgIpc) is 3.23. The quantitative estimate of drug-likeness (QED) is 0.764. The predicted molar refractivity (Wildman–Crippen MR) is 100 cm³/mol. The molecule has 1 aliphatic heterocycles. The van der Waals surface area contributed by atoms with E-state index >= 15 is 0 Å². The van der Waals surface area contributed by atoms with Crippen molar-refractivity contribution in [2.24, 2.45) is 22.7 Å². The number of nitriles is 1. The van der Waals surface area contributed by atoms with Crippen molar-refractivity contribution in [3.63, 3.8) is 0 Å². The van der Waals surface area contributed by atoms with Crippen LogP contribution in [0, 0.1) is 34.0 Å². The fourth-order valence-electron chi connectivity index (χ4n) is 5.94. The van der Waals surface area contributed by atoms with Crippen LogP contribution >= 0.6 is 0 Å².